The maximum Gasteiger partial charge on any atom is 0.129 e. The van der Waals surface area contributed by atoms with Gasteiger partial charge in [-0.25, -0.2) is 9.97 Å². The van der Waals surface area contributed by atoms with Crippen molar-refractivity contribution in [1.82, 2.24) is 15.3 Å². The molecule has 16 heavy (non-hydrogen) atoms. The predicted molar refractivity (Wildman–Crippen MR) is 65.3 cm³/mol. The van der Waals surface area contributed by atoms with E-state index < -0.39 is 0 Å². The third-order valence-corrected chi connectivity index (χ3v) is 3.19. The molecule has 0 spiro atoms. The standard InChI is InChI=1S/C13H21N3/c1-4-14-8-12-9(2)15-13(16-10(12)3)7-11-5-6-11/h11,14H,4-8H2,1-3H3. The Morgan fingerprint density at radius 2 is 1.81 bits per heavy atom. The highest BCUT2D eigenvalue weighted by Crippen LogP contribution is 2.31. The molecule has 1 aliphatic carbocycles. The second-order valence-electron chi connectivity index (χ2n) is 4.72. The summed E-state index contributed by atoms with van der Waals surface area (Å²) < 4.78 is 0. The first-order valence-electron chi connectivity index (χ1n) is 6.24. The monoisotopic (exact) mass is 219 g/mol. The van der Waals surface area contributed by atoms with E-state index in [-0.39, 0.29) is 0 Å². The molecule has 0 atom stereocenters. The van der Waals surface area contributed by atoms with Crippen LogP contribution in [0.25, 0.3) is 0 Å². The van der Waals surface area contributed by atoms with Gasteiger partial charge in [0.05, 0.1) is 0 Å². The molecule has 3 heteroatoms. The predicted octanol–water partition coefficient (Wildman–Crippen LogP) is 2.16. The minimum absolute atomic E-state index is 0.860. The molecule has 0 amide bonds. The molecule has 0 bridgehead atoms. The van der Waals surface area contributed by atoms with Gasteiger partial charge in [0.1, 0.15) is 5.82 Å². The van der Waals surface area contributed by atoms with Gasteiger partial charge in [-0.3, -0.25) is 0 Å². The van der Waals surface area contributed by atoms with Gasteiger partial charge in [-0.15, -0.1) is 0 Å². The average Bonchev–Trinajstić information content (AvgIpc) is 3.00. The average molecular weight is 219 g/mol. The summed E-state index contributed by atoms with van der Waals surface area (Å²) in [7, 11) is 0. The summed E-state index contributed by atoms with van der Waals surface area (Å²) in [5.41, 5.74) is 3.55. The maximum atomic E-state index is 4.62. The van der Waals surface area contributed by atoms with Crippen molar-refractivity contribution in [3.63, 3.8) is 0 Å². The molecule has 1 aromatic rings. The Morgan fingerprint density at radius 1 is 1.19 bits per heavy atom. The van der Waals surface area contributed by atoms with Crippen molar-refractivity contribution in [1.29, 1.82) is 0 Å². The van der Waals surface area contributed by atoms with Gasteiger partial charge in [0.15, 0.2) is 0 Å². The van der Waals surface area contributed by atoms with Gasteiger partial charge in [-0.05, 0) is 39.2 Å². The highest BCUT2D eigenvalue weighted by molar-refractivity contribution is 5.24. The zero-order chi connectivity index (χ0) is 11.5. The first-order valence-corrected chi connectivity index (χ1v) is 6.24. The van der Waals surface area contributed by atoms with Crippen LogP contribution in [0.4, 0.5) is 0 Å². The van der Waals surface area contributed by atoms with E-state index in [9.17, 15) is 0 Å². The van der Waals surface area contributed by atoms with Gasteiger partial charge < -0.3 is 5.32 Å². The second-order valence-corrected chi connectivity index (χ2v) is 4.72. The molecule has 0 aliphatic heterocycles. The van der Waals surface area contributed by atoms with Crippen LogP contribution < -0.4 is 5.32 Å². The fourth-order valence-electron chi connectivity index (χ4n) is 1.99. The largest absolute Gasteiger partial charge is 0.313 e. The fourth-order valence-corrected chi connectivity index (χ4v) is 1.99. The Labute approximate surface area is 97.7 Å². The third-order valence-electron chi connectivity index (χ3n) is 3.19. The second kappa shape index (κ2) is 4.91. The van der Waals surface area contributed by atoms with Crippen LogP contribution in [-0.4, -0.2) is 16.5 Å². The number of hydrogen-bond donors (Lipinski definition) is 1. The summed E-state index contributed by atoms with van der Waals surface area (Å²) in [5, 5.41) is 3.34. The summed E-state index contributed by atoms with van der Waals surface area (Å²) >= 11 is 0. The quantitative estimate of drug-likeness (QED) is 0.824. The summed E-state index contributed by atoms with van der Waals surface area (Å²) in [6.07, 6.45) is 3.80. The lowest BCUT2D eigenvalue weighted by atomic mass is 10.1. The third kappa shape index (κ3) is 2.79. The highest BCUT2D eigenvalue weighted by Gasteiger charge is 2.23. The molecule has 1 saturated carbocycles. The van der Waals surface area contributed by atoms with E-state index in [4.69, 9.17) is 0 Å². The number of aromatic nitrogens is 2. The molecular formula is C13H21N3. The Hall–Kier alpha value is -0.960. The first kappa shape index (κ1) is 11.5. The zero-order valence-corrected chi connectivity index (χ0v) is 10.5. The molecule has 3 nitrogen and oxygen atoms in total. The minimum Gasteiger partial charge on any atom is -0.313 e. The maximum absolute atomic E-state index is 4.62. The molecule has 1 N–H and O–H groups in total. The molecule has 0 radical (unpaired) electrons. The van der Waals surface area contributed by atoms with E-state index >= 15 is 0 Å². The van der Waals surface area contributed by atoms with Crippen LogP contribution in [0.1, 0.15) is 42.5 Å². The smallest absolute Gasteiger partial charge is 0.129 e. The highest BCUT2D eigenvalue weighted by atomic mass is 14.9. The lowest BCUT2D eigenvalue weighted by Crippen LogP contribution is -2.16. The van der Waals surface area contributed by atoms with Crippen molar-refractivity contribution >= 4 is 0 Å². The topological polar surface area (TPSA) is 37.8 Å². The minimum atomic E-state index is 0.860. The van der Waals surface area contributed by atoms with E-state index in [1.54, 1.807) is 0 Å². The summed E-state index contributed by atoms with van der Waals surface area (Å²) in [6, 6.07) is 0. The Balaban J connectivity index is 2.13. The molecule has 1 heterocycles. The number of hydrogen-bond acceptors (Lipinski definition) is 3. The molecular weight excluding hydrogens is 198 g/mol. The van der Waals surface area contributed by atoms with Crippen LogP contribution in [0.15, 0.2) is 0 Å². The van der Waals surface area contributed by atoms with Crippen molar-refractivity contribution < 1.29 is 0 Å². The van der Waals surface area contributed by atoms with E-state index in [1.807, 2.05) is 0 Å². The van der Waals surface area contributed by atoms with Crippen molar-refractivity contribution in [2.45, 2.75) is 46.6 Å². The number of rotatable bonds is 5. The number of nitrogens with zero attached hydrogens (tertiary/aromatic N) is 2. The van der Waals surface area contributed by atoms with Crippen LogP contribution in [-0.2, 0) is 13.0 Å². The lowest BCUT2D eigenvalue weighted by Gasteiger charge is -2.10. The first-order chi connectivity index (χ1) is 7.70. The van der Waals surface area contributed by atoms with Crippen LogP contribution in [0.3, 0.4) is 0 Å². The molecule has 1 fully saturated rings. The molecule has 0 aromatic carbocycles. The number of nitrogens with one attached hydrogen (secondary N) is 1. The Bertz CT molecular complexity index is 346. The molecule has 88 valence electrons. The van der Waals surface area contributed by atoms with E-state index in [1.165, 1.54) is 18.4 Å². The SMILES string of the molecule is CCNCc1c(C)nc(CC2CC2)nc1C. The summed E-state index contributed by atoms with van der Waals surface area (Å²) in [4.78, 5) is 9.23. The molecule has 1 aromatic heterocycles. The summed E-state index contributed by atoms with van der Waals surface area (Å²) in [5.74, 6) is 1.90. The molecule has 0 saturated heterocycles. The van der Waals surface area contributed by atoms with Crippen molar-refractivity contribution in [3.05, 3.63) is 22.8 Å². The van der Waals surface area contributed by atoms with E-state index in [0.29, 0.717) is 0 Å². The molecule has 0 unspecified atom stereocenters. The van der Waals surface area contributed by atoms with Crippen LogP contribution >= 0.6 is 0 Å². The molecule has 2 rings (SSSR count). The van der Waals surface area contributed by atoms with Crippen molar-refractivity contribution in [2.24, 2.45) is 5.92 Å². The normalized spacial score (nSPS) is 15.4. The fraction of sp³-hybridized carbons (Fsp3) is 0.692. The van der Waals surface area contributed by atoms with Gasteiger partial charge in [0.2, 0.25) is 0 Å². The summed E-state index contributed by atoms with van der Waals surface area (Å²) in [6.45, 7) is 8.18. The van der Waals surface area contributed by atoms with Crippen LogP contribution in [0, 0.1) is 19.8 Å². The van der Waals surface area contributed by atoms with Crippen molar-refractivity contribution in [3.8, 4) is 0 Å². The van der Waals surface area contributed by atoms with Gasteiger partial charge in [0.25, 0.3) is 0 Å². The molecule has 1 aliphatic rings. The van der Waals surface area contributed by atoms with Gasteiger partial charge in [-0.2, -0.15) is 0 Å². The lowest BCUT2D eigenvalue weighted by molar-refractivity contribution is 0.695. The van der Waals surface area contributed by atoms with Crippen LogP contribution in [0.5, 0.6) is 0 Å². The van der Waals surface area contributed by atoms with E-state index in [0.717, 1.165) is 42.6 Å². The van der Waals surface area contributed by atoms with Gasteiger partial charge >= 0.3 is 0 Å². The van der Waals surface area contributed by atoms with Crippen molar-refractivity contribution in [2.75, 3.05) is 6.54 Å². The zero-order valence-electron chi connectivity index (χ0n) is 10.5. The Morgan fingerprint density at radius 3 is 2.31 bits per heavy atom. The van der Waals surface area contributed by atoms with E-state index in [2.05, 4.69) is 36.1 Å². The number of aryl methyl sites for hydroxylation is 2. The Kier molecular flexibility index (Phi) is 3.54. The van der Waals surface area contributed by atoms with Gasteiger partial charge in [-0.1, -0.05) is 6.92 Å². The van der Waals surface area contributed by atoms with Crippen LogP contribution in [0.2, 0.25) is 0 Å². The van der Waals surface area contributed by atoms with Gasteiger partial charge in [0, 0.05) is 29.9 Å².